The number of aromatic nitrogens is 1. The maximum Gasteiger partial charge on any atom is 0.265 e. The summed E-state index contributed by atoms with van der Waals surface area (Å²) in [6, 6.07) is 2.81. The second-order valence-electron chi connectivity index (χ2n) is 3.44. The quantitative estimate of drug-likeness (QED) is 0.728. The normalized spacial score (nSPS) is 20.0. The lowest BCUT2D eigenvalue weighted by atomic mass is 10.1. The fourth-order valence-electron chi connectivity index (χ4n) is 1.44. The van der Waals surface area contributed by atoms with Crippen molar-refractivity contribution in [1.82, 2.24) is 4.98 Å². The molecule has 1 aliphatic heterocycles. The number of ether oxygens (including phenoxy) is 1. The van der Waals surface area contributed by atoms with Gasteiger partial charge in [0.25, 0.3) is 5.91 Å². The maximum absolute atomic E-state index is 11.6. The van der Waals surface area contributed by atoms with Gasteiger partial charge in [-0.1, -0.05) is 0 Å². The number of hydrogen-bond acceptors (Lipinski definition) is 5. The number of nitrogens with one attached hydrogen (secondary N) is 1. The fourth-order valence-corrected chi connectivity index (χ4v) is 1.44. The third-order valence-electron chi connectivity index (χ3n) is 2.23. The molecule has 1 aliphatic rings. The Labute approximate surface area is 92.0 Å². The van der Waals surface area contributed by atoms with Gasteiger partial charge >= 0.3 is 0 Å². The summed E-state index contributed by atoms with van der Waals surface area (Å²) in [6.45, 7) is 0. The van der Waals surface area contributed by atoms with E-state index in [0.29, 0.717) is 11.4 Å². The topological polar surface area (TPSA) is 101 Å². The third-order valence-corrected chi connectivity index (χ3v) is 2.23. The molecule has 82 valence electrons. The molecule has 1 aromatic rings. The molecule has 0 aliphatic carbocycles. The predicted octanol–water partition coefficient (Wildman–Crippen LogP) is 0.0221. The van der Waals surface area contributed by atoms with Crippen LogP contribution in [0.3, 0.4) is 0 Å². The van der Waals surface area contributed by atoms with Crippen LogP contribution in [0.5, 0.6) is 5.75 Å². The first-order valence-corrected chi connectivity index (χ1v) is 4.77. The maximum atomic E-state index is 11.6. The number of anilines is 1. The van der Waals surface area contributed by atoms with Crippen molar-refractivity contribution in [2.24, 2.45) is 5.73 Å². The van der Waals surface area contributed by atoms with Crippen LogP contribution in [0.1, 0.15) is 6.42 Å². The summed E-state index contributed by atoms with van der Waals surface area (Å²) in [6.07, 6.45) is 2.53. The Bertz CT molecular complexity index is 454. The Balaban J connectivity index is 2.16. The van der Waals surface area contributed by atoms with Crippen LogP contribution in [0.25, 0.3) is 0 Å². The lowest BCUT2D eigenvalue weighted by Gasteiger charge is -2.25. The second-order valence-corrected chi connectivity index (χ2v) is 3.44. The van der Waals surface area contributed by atoms with E-state index >= 15 is 0 Å². The number of nitrogens with two attached hydrogens (primary N) is 1. The number of nitrogens with zero attached hydrogens (tertiary/aromatic N) is 2. The Kier molecular flexibility index (Phi) is 2.70. The highest BCUT2D eigenvalue weighted by Crippen LogP contribution is 2.28. The van der Waals surface area contributed by atoms with E-state index in [9.17, 15) is 4.79 Å². The molecule has 2 rings (SSSR count). The van der Waals surface area contributed by atoms with E-state index in [1.807, 2.05) is 6.07 Å². The van der Waals surface area contributed by atoms with Crippen molar-refractivity contribution in [1.29, 1.82) is 5.26 Å². The van der Waals surface area contributed by atoms with Crippen LogP contribution in [0.4, 0.5) is 5.69 Å². The average Bonchev–Trinajstić information content (AvgIpc) is 2.30. The van der Waals surface area contributed by atoms with Crippen molar-refractivity contribution >= 4 is 11.6 Å². The van der Waals surface area contributed by atoms with Gasteiger partial charge in [-0.05, 0) is 0 Å². The van der Waals surface area contributed by atoms with Gasteiger partial charge < -0.3 is 15.8 Å². The molecule has 2 atom stereocenters. The van der Waals surface area contributed by atoms with Gasteiger partial charge in [0, 0.05) is 18.7 Å². The van der Waals surface area contributed by atoms with Crippen molar-refractivity contribution in [2.75, 3.05) is 5.32 Å². The number of rotatable bonds is 2. The van der Waals surface area contributed by atoms with Crippen molar-refractivity contribution in [3.8, 4) is 11.8 Å². The fraction of sp³-hybridized carbons (Fsp3) is 0.300. The second kappa shape index (κ2) is 4.16. The molecular formula is C10H10N4O2. The summed E-state index contributed by atoms with van der Waals surface area (Å²) in [5.74, 6) is 0.246. The molecule has 0 spiro atoms. The van der Waals surface area contributed by atoms with Crippen LogP contribution in [0.15, 0.2) is 18.5 Å². The average molecular weight is 218 g/mol. The van der Waals surface area contributed by atoms with E-state index in [4.69, 9.17) is 15.7 Å². The van der Waals surface area contributed by atoms with E-state index in [1.165, 1.54) is 6.20 Å². The van der Waals surface area contributed by atoms with Crippen molar-refractivity contribution in [3.63, 3.8) is 0 Å². The smallest absolute Gasteiger partial charge is 0.265 e. The summed E-state index contributed by atoms with van der Waals surface area (Å²) in [7, 11) is 0. The van der Waals surface area contributed by atoms with Gasteiger partial charge in [0.05, 0.1) is 18.3 Å². The van der Waals surface area contributed by atoms with Crippen molar-refractivity contribution in [2.45, 2.75) is 18.6 Å². The van der Waals surface area contributed by atoms with Crippen LogP contribution in [0.2, 0.25) is 0 Å². The molecule has 0 saturated heterocycles. The number of carbonyl (C=O) groups excluding carboxylic acids is 1. The largest absolute Gasteiger partial charge is 0.478 e. The Morgan fingerprint density at radius 1 is 1.75 bits per heavy atom. The van der Waals surface area contributed by atoms with Crippen LogP contribution in [-0.2, 0) is 4.79 Å². The van der Waals surface area contributed by atoms with Gasteiger partial charge in [-0.3, -0.25) is 9.78 Å². The zero-order valence-corrected chi connectivity index (χ0v) is 8.38. The highest BCUT2D eigenvalue weighted by Gasteiger charge is 2.29. The Hall–Kier alpha value is -2.13. The molecule has 1 amide bonds. The molecule has 2 heterocycles. The minimum absolute atomic E-state index is 0.171. The zero-order chi connectivity index (χ0) is 11.5. The van der Waals surface area contributed by atoms with Crippen LogP contribution < -0.4 is 15.8 Å². The minimum Gasteiger partial charge on any atom is -0.478 e. The van der Waals surface area contributed by atoms with E-state index < -0.39 is 12.1 Å². The molecule has 0 bridgehead atoms. The molecule has 0 saturated carbocycles. The lowest BCUT2D eigenvalue weighted by Crippen LogP contribution is -2.40. The summed E-state index contributed by atoms with van der Waals surface area (Å²) in [4.78, 5) is 15.4. The molecule has 6 heteroatoms. The lowest BCUT2D eigenvalue weighted by molar-refractivity contribution is -0.123. The molecule has 3 N–H and O–H groups in total. The summed E-state index contributed by atoms with van der Waals surface area (Å²) in [5, 5.41) is 11.2. The molecule has 0 radical (unpaired) electrons. The highest BCUT2D eigenvalue weighted by molar-refractivity contribution is 5.97. The monoisotopic (exact) mass is 218 g/mol. The number of hydrogen-bond donors (Lipinski definition) is 2. The molecule has 1 aromatic heterocycles. The number of carbonyl (C=O) groups is 1. The predicted molar refractivity (Wildman–Crippen MR) is 55.5 cm³/mol. The van der Waals surface area contributed by atoms with Gasteiger partial charge in [0.15, 0.2) is 6.10 Å². The molecular weight excluding hydrogens is 208 g/mol. The van der Waals surface area contributed by atoms with Gasteiger partial charge in [-0.15, -0.1) is 0 Å². The Morgan fingerprint density at radius 2 is 2.56 bits per heavy atom. The van der Waals surface area contributed by atoms with Crippen molar-refractivity contribution < 1.29 is 9.53 Å². The standard InChI is InChI=1S/C10H10N4O2/c11-4-6(12)3-9-10(15)14-7-5-13-2-1-8(7)16-9/h1-2,5-6,9H,3,12H2,(H,14,15). The van der Waals surface area contributed by atoms with Crippen LogP contribution in [-0.4, -0.2) is 23.0 Å². The first kappa shape index (κ1) is 10.4. The molecule has 0 aromatic carbocycles. The van der Waals surface area contributed by atoms with E-state index in [1.54, 1.807) is 12.3 Å². The first-order valence-electron chi connectivity index (χ1n) is 4.77. The highest BCUT2D eigenvalue weighted by atomic mass is 16.5. The van der Waals surface area contributed by atoms with E-state index in [2.05, 4.69) is 10.3 Å². The van der Waals surface area contributed by atoms with Gasteiger partial charge in [0.1, 0.15) is 11.4 Å². The SMILES string of the molecule is N#CC(N)CC1Oc2ccncc2NC1=O. The number of amides is 1. The van der Waals surface area contributed by atoms with Crippen molar-refractivity contribution in [3.05, 3.63) is 18.5 Å². The molecule has 0 fully saturated rings. The molecule has 2 unspecified atom stereocenters. The third kappa shape index (κ3) is 1.94. The van der Waals surface area contributed by atoms with Crippen LogP contribution >= 0.6 is 0 Å². The number of nitriles is 1. The number of pyridine rings is 1. The van der Waals surface area contributed by atoms with Gasteiger partial charge in [0.2, 0.25) is 0 Å². The van der Waals surface area contributed by atoms with Gasteiger partial charge in [-0.25, -0.2) is 0 Å². The van der Waals surface area contributed by atoms with E-state index in [0.717, 1.165) is 0 Å². The molecule has 6 nitrogen and oxygen atoms in total. The summed E-state index contributed by atoms with van der Waals surface area (Å²) in [5.41, 5.74) is 5.99. The minimum atomic E-state index is -0.718. The summed E-state index contributed by atoms with van der Waals surface area (Å²) >= 11 is 0. The molecule has 16 heavy (non-hydrogen) atoms. The van der Waals surface area contributed by atoms with Crippen LogP contribution in [0, 0.1) is 11.3 Å². The first-order chi connectivity index (χ1) is 7.70. The van der Waals surface area contributed by atoms with E-state index in [-0.39, 0.29) is 12.3 Å². The number of fused-ring (bicyclic) bond motifs is 1. The van der Waals surface area contributed by atoms with Gasteiger partial charge in [-0.2, -0.15) is 5.26 Å². The zero-order valence-electron chi connectivity index (χ0n) is 8.38. The summed E-state index contributed by atoms with van der Waals surface area (Å²) < 4.78 is 5.43. The Morgan fingerprint density at radius 3 is 3.31 bits per heavy atom.